The van der Waals surface area contributed by atoms with Crippen molar-refractivity contribution in [2.24, 2.45) is 0 Å². The number of ether oxygens (including phenoxy) is 1. The zero-order chi connectivity index (χ0) is 27.3. The summed E-state index contributed by atoms with van der Waals surface area (Å²) in [7, 11) is -5.72. The lowest BCUT2D eigenvalue weighted by Crippen LogP contribution is -2.42. The molecule has 2 heterocycles. The van der Waals surface area contributed by atoms with Gasteiger partial charge >= 0.3 is 0 Å². The molecule has 204 valence electrons. The molecule has 0 radical (unpaired) electrons. The molecule has 0 N–H and O–H groups in total. The number of aryl methyl sites for hydroxylation is 1. The van der Waals surface area contributed by atoms with Gasteiger partial charge in [0.15, 0.2) is 15.8 Å². The van der Waals surface area contributed by atoms with Crippen LogP contribution < -0.4 is 0 Å². The fourth-order valence-corrected chi connectivity index (χ4v) is 7.90. The molecular weight excluding hydrogens is 611 g/mol. The van der Waals surface area contributed by atoms with Crippen LogP contribution in [0.25, 0.3) is 21.6 Å². The van der Waals surface area contributed by atoms with E-state index in [9.17, 15) is 17.2 Å². The highest BCUT2D eigenvalue weighted by Gasteiger charge is 2.50. The fraction of sp³-hybridized carbons (Fsp3) is 0.591. The van der Waals surface area contributed by atoms with Crippen LogP contribution in [-0.4, -0.2) is 59.7 Å². The fourth-order valence-electron chi connectivity index (χ4n) is 3.86. The van der Waals surface area contributed by atoms with Gasteiger partial charge in [-0.2, -0.15) is 9.40 Å². The summed E-state index contributed by atoms with van der Waals surface area (Å²) < 4.78 is 79.1. The maximum Gasteiger partial charge on any atom is 0.291 e. The van der Waals surface area contributed by atoms with E-state index >= 15 is 4.39 Å². The summed E-state index contributed by atoms with van der Waals surface area (Å²) in [4.78, 5) is -0.538. The van der Waals surface area contributed by atoms with Gasteiger partial charge in [-0.15, -0.1) is 10.2 Å². The van der Waals surface area contributed by atoms with Crippen molar-refractivity contribution in [3.63, 3.8) is 0 Å². The highest BCUT2D eigenvalue weighted by molar-refractivity contribution is 9.10. The smallest absolute Gasteiger partial charge is 0.291 e. The first-order valence-electron chi connectivity index (χ1n) is 11.8. The lowest BCUT2D eigenvalue weighted by Gasteiger charge is -2.29. The minimum atomic E-state index is -4.34. The molecule has 0 aliphatic heterocycles. The third kappa shape index (κ3) is 5.66. The van der Waals surface area contributed by atoms with Crippen molar-refractivity contribution in [1.82, 2.24) is 24.3 Å². The van der Waals surface area contributed by atoms with Gasteiger partial charge in [-0.05, 0) is 54.7 Å². The number of rotatable bonds is 11. The predicted molar refractivity (Wildman–Crippen MR) is 143 cm³/mol. The molecule has 15 heteroatoms. The van der Waals surface area contributed by atoms with Gasteiger partial charge < -0.3 is 4.74 Å². The first kappa shape index (κ1) is 28.6. The average Bonchev–Trinajstić information content (AvgIpc) is 3.22. The molecule has 0 spiro atoms. The van der Waals surface area contributed by atoms with Crippen LogP contribution in [0.3, 0.4) is 0 Å². The van der Waals surface area contributed by atoms with Crippen molar-refractivity contribution in [2.75, 3.05) is 13.3 Å². The molecule has 0 unspecified atom stereocenters. The van der Waals surface area contributed by atoms with Crippen molar-refractivity contribution < 1.29 is 26.3 Å². The molecule has 2 aromatic heterocycles. The van der Waals surface area contributed by atoms with E-state index in [1.807, 2.05) is 6.92 Å². The molecule has 4 rings (SSSR count). The number of hydrogen-bond acceptors (Lipinski definition) is 7. The molecule has 1 aromatic carbocycles. The SMILES string of the molecule is CCn1nc(-c2nnc(C(F)F)s2)c2c(F)c(S(=O)(=O)N(COCC[Si](C)(C)C)C3(C)CC3)cc(Br)c21. The number of halogens is 4. The first-order chi connectivity index (χ1) is 17.2. The topological polar surface area (TPSA) is 90.2 Å². The van der Waals surface area contributed by atoms with E-state index in [4.69, 9.17) is 4.74 Å². The van der Waals surface area contributed by atoms with E-state index in [1.54, 1.807) is 6.92 Å². The highest BCUT2D eigenvalue weighted by atomic mass is 79.9. The van der Waals surface area contributed by atoms with Crippen LogP contribution in [0.15, 0.2) is 15.4 Å². The van der Waals surface area contributed by atoms with Gasteiger partial charge in [0.05, 0.1) is 10.9 Å². The molecule has 1 aliphatic carbocycles. The Morgan fingerprint density at radius 1 is 1.30 bits per heavy atom. The first-order valence-corrected chi connectivity index (χ1v) is 18.6. The summed E-state index contributed by atoms with van der Waals surface area (Å²) in [5, 5.41) is 11.0. The lowest BCUT2D eigenvalue weighted by molar-refractivity contribution is 0.0590. The minimum Gasteiger partial charge on any atom is -0.365 e. The third-order valence-corrected chi connectivity index (χ3v) is 11.6. The summed E-state index contributed by atoms with van der Waals surface area (Å²) in [6.45, 7) is 10.8. The number of alkyl halides is 2. The van der Waals surface area contributed by atoms with Gasteiger partial charge in [-0.3, -0.25) is 4.68 Å². The van der Waals surface area contributed by atoms with E-state index in [2.05, 4.69) is 50.9 Å². The highest BCUT2D eigenvalue weighted by Crippen LogP contribution is 2.46. The van der Waals surface area contributed by atoms with Crippen LogP contribution >= 0.6 is 27.3 Å². The molecule has 1 fully saturated rings. The molecule has 0 amide bonds. The summed E-state index contributed by atoms with van der Waals surface area (Å²) in [6.07, 6.45) is -1.57. The van der Waals surface area contributed by atoms with Crippen molar-refractivity contribution in [1.29, 1.82) is 0 Å². The van der Waals surface area contributed by atoms with Crippen molar-refractivity contribution >= 4 is 56.3 Å². The maximum atomic E-state index is 16.2. The molecule has 0 saturated heterocycles. The summed E-state index contributed by atoms with van der Waals surface area (Å²) in [5.41, 5.74) is -0.404. The van der Waals surface area contributed by atoms with Crippen LogP contribution in [0.1, 0.15) is 38.1 Å². The van der Waals surface area contributed by atoms with E-state index in [-0.39, 0.29) is 22.8 Å². The number of hydrogen-bond donors (Lipinski definition) is 0. The molecule has 0 atom stereocenters. The Balaban J connectivity index is 1.81. The number of fused-ring (bicyclic) bond motifs is 1. The second-order valence-corrected chi connectivity index (χ2v) is 19.8. The van der Waals surface area contributed by atoms with Crippen LogP contribution in [0.4, 0.5) is 13.2 Å². The van der Waals surface area contributed by atoms with Crippen LogP contribution in [-0.2, 0) is 21.3 Å². The number of aromatic nitrogens is 4. The predicted octanol–water partition coefficient (Wildman–Crippen LogP) is 6.27. The Hall–Kier alpha value is -1.39. The lowest BCUT2D eigenvalue weighted by atomic mass is 10.2. The van der Waals surface area contributed by atoms with Crippen molar-refractivity contribution in [2.45, 2.75) is 75.8 Å². The van der Waals surface area contributed by atoms with Gasteiger partial charge in [-0.1, -0.05) is 31.0 Å². The molecule has 37 heavy (non-hydrogen) atoms. The third-order valence-electron chi connectivity index (χ3n) is 6.35. The van der Waals surface area contributed by atoms with Gasteiger partial charge in [-0.25, -0.2) is 21.6 Å². The summed E-state index contributed by atoms with van der Waals surface area (Å²) in [6, 6.07) is 2.10. The van der Waals surface area contributed by atoms with E-state index in [0.29, 0.717) is 47.3 Å². The second-order valence-electron chi connectivity index (χ2n) is 10.5. The zero-order valence-electron chi connectivity index (χ0n) is 21.2. The minimum absolute atomic E-state index is 0.0199. The van der Waals surface area contributed by atoms with E-state index < -0.39 is 45.8 Å². The van der Waals surface area contributed by atoms with Crippen molar-refractivity contribution in [3.8, 4) is 10.7 Å². The largest absolute Gasteiger partial charge is 0.365 e. The monoisotopic (exact) mass is 639 g/mol. The van der Waals surface area contributed by atoms with E-state index in [0.717, 1.165) is 6.04 Å². The Kier molecular flexibility index (Phi) is 7.96. The maximum absolute atomic E-state index is 16.2. The average molecular weight is 641 g/mol. The van der Waals surface area contributed by atoms with Gasteiger partial charge in [0, 0.05) is 31.2 Å². The Morgan fingerprint density at radius 3 is 2.51 bits per heavy atom. The van der Waals surface area contributed by atoms with E-state index in [1.165, 1.54) is 15.1 Å². The summed E-state index contributed by atoms with van der Waals surface area (Å²) in [5.74, 6) is -1.02. The second kappa shape index (κ2) is 10.3. The van der Waals surface area contributed by atoms with Gasteiger partial charge in [0.25, 0.3) is 6.43 Å². The standard InChI is InChI=1S/C22H29BrF3N5O3S2Si/c1-6-30-18-13(23)11-14(16(24)15(18)17(29-30)20-27-28-21(35-20)19(25)26)36(32,33)31(22(2)7-8-22)12-34-9-10-37(3,4)5/h11,19H,6-10,12H2,1-5H3. The quantitative estimate of drug-likeness (QED) is 0.140. The zero-order valence-corrected chi connectivity index (χ0v) is 25.4. The molecule has 8 nitrogen and oxygen atoms in total. The number of benzene rings is 1. The number of nitrogens with zero attached hydrogens (tertiary/aromatic N) is 5. The molecule has 1 saturated carbocycles. The Labute approximate surface area is 227 Å². The molecular formula is C22H29BrF3N5O3S2Si. The Morgan fingerprint density at radius 2 is 1.97 bits per heavy atom. The summed E-state index contributed by atoms with van der Waals surface area (Å²) >= 11 is 3.98. The molecule has 1 aliphatic rings. The van der Waals surface area contributed by atoms with Crippen LogP contribution in [0.5, 0.6) is 0 Å². The van der Waals surface area contributed by atoms with Crippen LogP contribution in [0.2, 0.25) is 25.7 Å². The normalized spacial score (nSPS) is 15.9. The van der Waals surface area contributed by atoms with Crippen LogP contribution in [0, 0.1) is 5.82 Å². The Bertz CT molecular complexity index is 1420. The number of sulfonamides is 1. The van der Waals surface area contributed by atoms with Gasteiger partial charge in [0.2, 0.25) is 10.0 Å². The molecule has 3 aromatic rings. The van der Waals surface area contributed by atoms with Crippen molar-refractivity contribution in [3.05, 3.63) is 21.4 Å². The molecule has 0 bridgehead atoms. The van der Waals surface area contributed by atoms with Gasteiger partial charge in [0.1, 0.15) is 17.3 Å².